The molecule has 0 atom stereocenters. The smallest absolute Gasteiger partial charge is 0.145 e. The van der Waals surface area contributed by atoms with E-state index in [2.05, 4.69) is 44.3 Å². The molecular formula is C21H26N6O. The zero-order valence-corrected chi connectivity index (χ0v) is 16.8. The van der Waals surface area contributed by atoms with Gasteiger partial charge < -0.3 is 15.0 Å². The van der Waals surface area contributed by atoms with Crippen LogP contribution < -0.4 is 10.1 Å². The molecule has 0 aliphatic heterocycles. The minimum absolute atomic E-state index is 0.0564. The molecule has 7 nitrogen and oxygen atoms in total. The molecule has 0 saturated carbocycles. The number of nitrogens with one attached hydrogen (secondary N) is 3. The summed E-state index contributed by atoms with van der Waals surface area (Å²) in [6, 6.07) is 4.01. The van der Waals surface area contributed by atoms with Crippen molar-refractivity contribution in [1.29, 1.82) is 0 Å². The Morgan fingerprint density at radius 1 is 1.18 bits per heavy atom. The van der Waals surface area contributed by atoms with Crippen molar-refractivity contribution < 1.29 is 4.74 Å². The van der Waals surface area contributed by atoms with Crippen molar-refractivity contribution in [2.75, 3.05) is 5.32 Å². The summed E-state index contributed by atoms with van der Waals surface area (Å²) in [6.07, 6.45) is 6.47. The second-order valence-electron chi connectivity index (χ2n) is 7.23. The normalized spacial score (nSPS) is 11.6. The predicted octanol–water partition coefficient (Wildman–Crippen LogP) is 4.88. The standard InChI is InChI=1S/C21H26N6O/c1-5-7-15-14(6-2)19-20(25-15)22-11-23-21(19)26-17-8-13-10-24-27-16(13)9-18(17)28-12(3)4/h8-12H,5-7H2,1-4H3,(H,24,27)(H2,22,23,25,26). The zero-order valence-electron chi connectivity index (χ0n) is 16.8. The fourth-order valence-electron chi connectivity index (χ4n) is 3.63. The lowest BCUT2D eigenvalue weighted by atomic mass is 10.1. The van der Waals surface area contributed by atoms with Crippen molar-refractivity contribution >= 4 is 33.4 Å². The first kappa shape index (κ1) is 18.3. The molecule has 28 heavy (non-hydrogen) atoms. The lowest BCUT2D eigenvalue weighted by molar-refractivity contribution is 0.244. The van der Waals surface area contributed by atoms with E-state index < -0.39 is 0 Å². The molecule has 0 bridgehead atoms. The van der Waals surface area contributed by atoms with E-state index in [0.29, 0.717) is 0 Å². The summed E-state index contributed by atoms with van der Waals surface area (Å²) in [5, 5.41) is 12.7. The van der Waals surface area contributed by atoms with Gasteiger partial charge in [-0.3, -0.25) is 5.10 Å². The number of ether oxygens (including phenoxy) is 1. The van der Waals surface area contributed by atoms with Crippen molar-refractivity contribution in [3.05, 3.63) is 35.9 Å². The number of anilines is 2. The first-order valence-electron chi connectivity index (χ1n) is 9.85. The SMILES string of the molecule is CCCc1[nH]c2ncnc(Nc3cc4cn[nH]c4cc3OC(C)C)c2c1CC. The van der Waals surface area contributed by atoms with E-state index in [1.165, 1.54) is 11.3 Å². The molecule has 0 spiro atoms. The van der Waals surface area contributed by atoms with Gasteiger partial charge in [-0.15, -0.1) is 0 Å². The minimum atomic E-state index is 0.0564. The summed E-state index contributed by atoms with van der Waals surface area (Å²) >= 11 is 0. The van der Waals surface area contributed by atoms with Gasteiger partial charge in [-0.25, -0.2) is 9.97 Å². The van der Waals surface area contributed by atoms with Gasteiger partial charge >= 0.3 is 0 Å². The number of hydrogen-bond donors (Lipinski definition) is 3. The highest BCUT2D eigenvalue weighted by molar-refractivity contribution is 5.95. The Balaban J connectivity index is 1.83. The third-order valence-corrected chi connectivity index (χ3v) is 4.79. The fourth-order valence-corrected chi connectivity index (χ4v) is 3.63. The molecule has 7 heteroatoms. The highest BCUT2D eigenvalue weighted by Gasteiger charge is 2.17. The third kappa shape index (κ3) is 3.28. The Labute approximate surface area is 163 Å². The molecule has 3 heterocycles. The molecule has 0 fully saturated rings. The molecule has 146 valence electrons. The summed E-state index contributed by atoms with van der Waals surface area (Å²) in [5.41, 5.74) is 5.19. The second kappa shape index (κ2) is 7.50. The highest BCUT2D eigenvalue weighted by atomic mass is 16.5. The number of aromatic nitrogens is 5. The summed E-state index contributed by atoms with van der Waals surface area (Å²) < 4.78 is 6.05. The first-order valence-corrected chi connectivity index (χ1v) is 9.85. The Hall–Kier alpha value is -3.09. The zero-order chi connectivity index (χ0) is 19.7. The topological polar surface area (TPSA) is 91.5 Å². The van der Waals surface area contributed by atoms with Crippen LogP contribution in [0.3, 0.4) is 0 Å². The lowest BCUT2D eigenvalue weighted by Crippen LogP contribution is -2.08. The van der Waals surface area contributed by atoms with Crippen LogP contribution in [0.15, 0.2) is 24.7 Å². The maximum atomic E-state index is 6.05. The van der Waals surface area contributed by atoms with Crippen LogP contribution in [0.2, 0.25) is 0 Å². The number of rotatable bonds is 7. The van der Waals surface area contributed by atoms with Crippen LogP contribution in [0.5, 0.6) is 5.75 Å². The Morgan fingerprint density at radius 2 is 2.04 bits per heavy atom. The summed E-state index contributed by atoms with van der Waals surface area (Å²) in [7, 11) is 0. The van der Waals surface area contributed by atoms with E-state index >= 15 is 0 Å². The van der Waals surface area contributed by atoms with Crippen LogP contribution in [-0.4, -0.2) is 31.3 Å². The van der Waals surface area contributed by atoms with E-state index in [0.717, 1.165) is 58.5 Å². The number of fused-ring (bicyclic) bond motifs is 2. The fraction of sp³-hybridized carbons (Fsp3) is 0.381. The highest BCUT2D eigenvalue weighted by Crippen LogP contribution is 2.35. The largest absolute Gasteiger partial charge is 0.489 e. The predicted molar refractivity (Wildman–Crippen MR) is 112 cm³/mol. The third-order valence-electron chi connectivity index (χ3n) is 4.79. The number of H-pyrrole nitrogens is 2. The van der Waals surface area contributed by atoms with Crippen molar-refractivity contribution in [2.24, 2.45) is 0 Å². The molecule has 1 aromatic carbocycles. The average molecular weight is 378 g/mol. The molecular weight excluding hydrogens is 352 g/mol. The second-order valence-corrected chi connectivity index (χ2v) is 7.23. The van der Waals surface area contributed by atoms with Gasteiger partial charge in [0.1, 0.15) is 23.5 Å². The first-order chi connectivity index (χ1) is 13.6. The van der Waals surface area contributed by atoms with Gasteiger partial charge in [-0.2, -0.15) is 5.10 Å². The van der Waals surface area contributed by atoms with Crippen molar-refractivity contribution in [1.82, 2.24) is 25.1 Å². The van der Waals surface area contributed by atoms with Crippen LogP contribution in [-0.2, 0) is 12.8 Å². The molecule has 4 rings (SSSR count). The number of aryl methyl sites for hydroxylation is 2. The molecule has 0 radical (unpaired) electrons. The number of nitrogens with zero attached hydrogens (tertiary/aromatic N) is 3. The maximum absolute atomic E-state index is 6.05. The Morgan fingerprint density at radius 3 is 2.79 bits per heavy atom. The van der Waals surface area contributed by atoms with Crippen LogP contribution in [0.1, 0.15) is 45.4 Å². The summed E-state index contributed by atoms with van der Waals surface area (Å²) in [6.45, 7) is 8.39. The number of benzene rings is 1. The van der Waals surface area contributed by atoms with Crippen molar-refractivity contribution in [3.63, 3.8) is 0 Å². The van der Waals surface area contributed by atoms with Crippen LogP contribution >= 0.6 is 0 Å². The molecule has 0 amide bonds. The quantitative estimate of drug-likeness (QED) is 0.426. The summed E-state index contributed by atoms with van der Waals surface area (Å²) in [4.78, 5) is 12.5. The van der Waals surface area contributed by atoms with E-state index in [1.807, 2.05) is 32.2 Å². The molecule has 3 N–H and O–H groups in total. The van der Waals surface area contributed by atoms with Gasteiger partial charge in [0.2, 0.25) is 0 Å². The van der Waals surface area contributed by atoms with E-state index in [9.17, 15) is 0 Å². The molecule has 0 saturated heterocycles. The Bertz CT molecular complexity index is 1110. The van der Waals surface area contributed by atoms with Gasteiger partial charge in [-0.05, 0) is 38.3 Å². The molecule has 3 aromatic heterocycles. The van der Waals surface area contributed by atoms with Crippen LogP contribution in [0.25, 0.3) is 21.9 Å². The van der Waals surface area contributed by atoms with Gasteiger partial charge in [0, 0.05) is 17.1 Å². The molecule has 0 unspecified atom stereocenters. The molecule has 0 aliphatic rings. The summed E-state index contributed by atoms with van der Waals surface area (Å²) in [5.74, 6) is 1.55. The number of aromatic amines is 2. The van der Waals surface area contributed by atoms with Gasteiger partial charge in [0.25, 0.3) is 0 Å². The van der Waals surface area contributed by atoms with Gasteiger partial charge in [0.15, 0.2) is 0 Å². The maximum Gasteiger partial charge on any atom is 0.145 e. The lowest BCUT2D eigenvalue weighted by Gasteiger charge is -2.16. The van der Waals surface area contributed by atoms with E-state index in [1.54, 1.807) is 6.33 Å². The molecule has 4 aromatic rings. The van der Waals surface area contributed by atoms with Crippen molar-refractivity contribution in [3.8, 4) is 5.75 Å². The molecule has 0 aliphatic carbocycles. The Kier molecular flexibility index (Phi) is 4.90. The van der Waals surface area contributed by atoms with Crippen molar-refractivity contribution in [2.45, 2.75) is 53.1 Å². The van der Waals surface area contributed by atoms with Crippen LogP contribution in [0.4, 0.5) is 11.5 Å². The minimum Gasteiger partial charge on any atom is -0.489 e. The van der Waals surface area contributed by atoms with Crippen LogP contribution in [0, 0.1) is 0 Å². The van der Waals surface area contributed by atoms with Gasteiger partial charge in [-0.1, -0.05) is 20.3 Å². The number of hydrogen-bond acceptors (Lipinski definition) is 5. The average Bonchev–Trinajstić information content (AvgIpc) is 3.25. The van der Waals surface area contributed by atoms with E-state index in [-0.39, 0.29) is 6.10 Å². The monoisotopic (exact) mass is 378 g/mol. The van der Waals surface area contributed by atoms with Gasteiger partial charge in [0.05, 0.1) is 28.9 Å². The van der Waals surface area contributed by atoms with E-state index in [4.69, 9.17) is 4.74 Å².